The summed E-state index contributed by atoms with van der Waals surface area (Å²) in [6.45, 7) is 4.92. The maximum atomic E-state index is 8.77. The van der Waals surface area contributed by atoms with Gasteiger partial charge in [-0.15, -0.1) is 0 Å². The lowest BCUT2D eigenvalue weighted by molar-refractivity contribution is 0.0186. The van der Waals surface area contributed by atoms with E-state index in [0.29, 0.717) is 0 Å². The summed E-state index contributed by atoms with van der Waals surface area (Å²) < 4.78 is 5.14. The first-order chi connectivity index (χ1) is 4.27. The Morgan fingerprint density at radius 1 is 1.44 bits per heavy atom. The summed E-state index contributed by atoms with van der Waals surface area (Å²) >= 11 is 0. The number of hydrogen-bond donors (Lipinski definition) is 1. The molecule has 53 valence electrons. The minimum Gasteiger partial charge on any atom is -0.390 e. The van der Waals surface area contributed by atoms with Crippen molar-refractivity contribution in [3.05, 3.63) is 6.61 Å². The van der Waals surface area contributed by atoms with E-state index in [1.54, 1.807) is 0 Å². The van der Waals surface area contributed by atoms with Gasteiger partial charge in [0.25, 0.3) is 0 Å². The zero-order chi connectivity index (χ0) is 6.74. The fourth-order valence-electron chi connectivity index (χ4n) is 0.967. The van der Waals surface area contributed by atoms with Crippen molar-refractivity contribution in [1.29, 1.82) is 0 Å². The van der Waals surface area contributed by atoms with Crippen LogP contribution in [0.4, 0.5) is 0 Å². The van der Waals surface area contributed by atoms with E-state index in [4.69, 9.17) is 9.84 Å². The van der Waals surface area contributed by atoms with Gasteiger partial charge in [0.2, 0.25) is 0 Å². The first-order valence-corrected chi connectivity index (χ1v) is 3.33. The van der Waals surface area contributed by atoms with Crippen molar-refractivity contribution >= 4 is 0 Å². The van der Waals surface area contributed by atoms with Gasteiger partial charge in [0.1, 0.15) is 0 Å². The molecule has 0 bridgehead atoms. The Hall–Kier alpha value is -0.0800. The summed E-state index contributed by atoms with van der Waals surface area (Å²) in [7, 11) is 0. The molecule has 1 saturated heterocycles. The number of ether oxygens (including phenoxy) is 1. The maximum Gasteiger partial charge on any atom is 0.0859 e. The van der Waals surface area contributed by atoms with Crippen molar-refractivity contribution in [3.63, 3.8) is 0 Å². The van der Waals surface area contributed by atoms with Crippen molar-refractivity contribution in [2.24, 2.45) is 5.41 Å². The van der Waals surface area contributed by atoms with Crippen molar-refractivity contribution in [2.45, 2.75) is 19.8 Å². The topological polar surface area (TPSA) is 29.5 Å². The zero-order valence-corrected chi connectivity index (χ0v) is 5.76. The molecule has 1 fully saturated rings. The molecule has 0 aliphatic carbocycles. The lowest BCUT2D eigenvalue weighted by Crippen LogP contribution is -2.26. The van der Waals surface area contributed by atoms with Crippen LogP contribution in [-0.4, -0.2) is 18.3 Å². The van der Waals surface area contributed by atoms with Crippen molar-refractivity contribution < 1.29 is 9.84 Å². The van der Waals surface area contributed by atoms with Crippen LogP contribution >= 0.6 is 0 Å². The van der Waals surface area contributed by atoms with Gasteiger partial charge in [-0.3, -0.25) is 0 Å². The summed E-state index contributed by atoms with van der Waals surface area (Å²) in [4.78, 5) is 0. The first-order valence-electron chi connectivity index (χ1n) is 3.33. The highest BCUT2D eigenvalue weighted by Gasteiger charge is 2.26. The van der Waals surface area contributed by atoms with Gasteiger partial charge in [0, 0.05) is 18.6 Å². The molecule has 0 amide bonds. The van der Waals surface area contributed by atoms with Crippen LogP contribution in [0.3, 0.4) is 0 Å². The average molecular weight is 129 g/mol. The largest absolute Gasteiger partial charge is 0.390 e. The van der Waals surface area contributed by atoms with Crippen LogP contribution in [-0.2, 0) is 4.74 Å². The van der Waals surface area contributed by atoms with Crippen molar-refractivity contribution in [1.82, 2.24) is 0 Å². The quantitative estimate of drug-likeness (QED) is 0.579. The number of aliphatic hydroxyl groups is 1. The lowest BCUT2D eigenvalue weighted by Gasteiger charge is -2.30. The number of rotatable bonds is 1. The molecule has 0 aromatic rings. The fraction of sp³-hybridized carbons (Fsp3) is 0.857. The van der Waals surface area contributed by atoms with E-state index >= 15 is 0 Å². The smallest absolute Gasteiger partial charge is 0.0859 e. The standard InChI is InChI=1S/C7H13O2/c1-7(6-8)2-4-9-5-3-7/h6,8H,2-5H2,1H3. The van der Waals surface area contributed by atoms with Gasteiger partial charge in [-0.05, 0) is 12.8 Å². The second kappa shape index (κ2) is 2.67. The molecular weight excluding hydrogens is 116 g/mol. The van der Waals surface area contributed by atoms with Gasteiger partial charge in [0.05, 0.1) is 6.61 Å². The Morgan fingerprint density at radius 3 is 2.33 bits per heavy atom. The van der Waals surface area contributed by atoms with E-state index in [1.165, 1.54) is 6.61 Å². The molecule has 0 spiro atoms. The van der Waals surface area contributed by atoms with Crippen molar-refractivity contribution in [2.75, 3.05) is 13.2 Å². The molecule has 1 heterocycles. The van der Waals surface area contributed by atoms with Crippen LogP contribution < -0.4 is 0 Å². The molecular formula is C7H13O2. The Morgan fingerprint density at radius 2 is 2.00 bits per heavy atom. The normalized spacial score (nSPS) is 26.0. The third-order valence-electron chi connectivity index (χ3n) is 1.95. The fourth-order valence-corrected chi connectivity index (χ4v) is 0.967. The molecule has 0 aromatic heterocycles. The summed E-state index contributed by atoms with van der Waals surface area (Å²) in [5.41, 5.74) is 0.0260. The Labute approximate surface area is 55.8 Å². The molecule has 2 nitrogen and oxygen atoms in total. The Kier molecular flexibility index (Phi) is 2.09. The second-order valence-electron chi connectivity index (χ2n) is 2.90. The highest BCUT2D eigenvalue weighted by molar-refractivity contribution is 4.82. The van der Waals surface area contributed by atoms with E-state index in [-0.39, 0.29) is 5.41 Å². The molecule has 1 aliphatic rings. The van der Waals surface area contributed by atoms with Gasteiger partial charge in [-0.25, -0.2) is 0 Å². The lowest BCUT2D eigenvalue weighted by atomic mass is 9.84. The highest BCUT2D eigenvalue weighted by atomic mass is 16.5. The van der Waals surface area contributed by atoms with E-state index in [0.717, 1.165) is 26.1 Å². The molecule has 1 N–H and O–H groups in total. The highest BCUT2D eigenvalue weighted by Crippen LogP contribution is 2.30. The third kappa shape index (κ3) is 1.66. The van der Waals surface area contributed by atoms with E-state index in [9.17, 15) is 0 Å². The molecule has 9 heavy (non-hydrogen) atoms. The monoisotopic (exact) mass is 129 g/mol. The zero-order valence-electron chi connectivity index (χ0n) is 5.76. The van der Waals surface area contributed by atoms with Gasteiger partial charge in [-0.2, -0.15) is 0 Å². The summed E-state index contributed by atoms with van der Waals surface area (Å²) in [5, 5.41) is 8.77. The van der Waals surface area contributed by atoms with Crippen LogP contribution in [0, 0.1) is 12.0 Å². The van der Waals surface area contributed by atoms with Gasteiger partial charge >= 0.3 is 0 Å². The van der Waals surface area contributed by atoms with E-state index < -0.39 is 0 Å². The first kappa shape index (κ1) is 7.03. The Bertz CT molecular complexity index is 84.9. The summed E-state index contributed by atoms with van der Waals surface area (Å²) in [6.07, 6.45) is 1.90. The maximum absolute atomic E-state index is 8.77. The molecule has 0 aromatic carbocycles. The minimum absolute atomic E-state index is 0.0260. The average Bonchev–Trinajstić information content (AvgIpc) is 1.90. The molecule has 2 heteroatoms. The predicted octanol–water partition coefficient (Wildman–Crippen LogP) is 1.34. The number of hydrogen-bond acceptors (Lipinski definition) is 2. The summed E-state index contributed by atoms with van der Waals surface area (Å²) in [5.74, 6) is 0. The molecule has 0 saturated carbocycles. The second-order valence-corrected chi connectivity index (χ2v) is 2.90. The molecule has 1 rings (SSSR count). The minimum atomic E-state index is 0.0260. The van der Waals surface area contributed by atoms with E-state index in [2.05, 4.69) is 6.92 Å². The molecule has 1 radical (unpaired) electrons. The Balaban J connectivity index is 2.37. The SMILES string of the molecule is CC1([CH]O)CCOCC1. The predicted molar refractivity (Wildman–Crippen MR) is 34.4 cm³/mol. The van der Waals surface area contributed by atoms with Crippen LogP contribution in [0.1, 0.15) is 19.8 Å². The van der Waals surface area contributed by atoms with Crippen LogP contribution in [0.15, 0.2) is 0 Å². The van der Waals surface area contributed by atoms with Crippen molar-refractivity contribution in [3.8, 4) is 0 Å². The molecule has 0 unspecified atom stereocenters. The van der Waals surface area contributed by atoms with E-state index in [1.807, 2.05) is 0 Å². The molecule has 1 aliphatic heterocycles. The van der Waals surface area contributed by atoms with Crippen LogP contribution in [0.5, 0.6) is 0 Å². The van der Waals surface area contributed by atoms with Gasteiger partial charge in [-0.1, -0.05) is 6.92 Å². The van der Waals surface area contributed by atoms with Gasteiger partial charge < -0.3 is 9.84 Å². The van der Waals surface area contributed by atoms with Gasteiger partial charge in [0.15, 0.2) is 0 Å². The third-order valence-corrected chi connectivity index (χ3v) is 1.95. The van der Waals surface area contributed by atoms with Crippen LogP contribution in [0.2, 0.25) is 0 Å². The van der Waals surface area contributed by atoms with Crippen LogP contribution in [0.25, 0.3) is 0 Å². The summed E-state index contributed by atoms with van der Waals surface area (Å²) in [6, 6.07) is 0. The molecule has 0 atom stereocenters. The number of aliphatic hydroxyl groups excluding tert-OH is 1.